The summed E-state index contributed by atoms with van der Waals surface area (Å²) < 4.78 is 5.41. The maximum atomic E-state index is 11.4. The molecule has 1 aromatic heterocycles. The van der Waals surface area contributed by atoms with Crippen molar-refractivity contribution in [2.45, 2.75) is 13.8 Å². The summed E-state index contributed by atoms with van der Waals surface area (Å²) in [5.41, 5.74) is 7.39. The summed E-state index contributed by atoms with van der Waals surface area (Å²) in [7, 11) is 0. The van der Waals surface area contributed by atoms with E-state index in [1.807, 2.05) is 19.9 Å². The number of halogens is 1. The number of aryl methyl sites for hydroxylation is 1. The topological polar surface area (TPSA) is 81.0 Å². The van der Waals surface area contributed by atoms with E-state index in [-0.39, 0.29) is 11.5 Å². The molecule has 2 aromatic rings. The number of aromatic nitrogens is 2. The second kappa shape index (κ2) is 5.32. The van der Waals surface area contributed by atoms with Gasteiger partial charge in [-0.05, 0) is 31.5 Å². The Morgan fingerprint density at radius 2 is 2.16 bits per heavy atom. The van der Waals surface area contributed by atoms with Gasteiger partial charge in [-0.2, -0.15) is 0 Å². The van der Waals surface area contributed by atoms with E-state index in [1.165, 1.54) is 6.07 Å². The molecule has 0 aliphatic carbocycles. The summed E-state index contributed by atoms with van der Waals surface area (Å²) in [6, 6.07) is 4.93. The van der Waals surface area contributed by atoms with Crippen LogP contribution in [0.2, 0.25) is 5.02 Å². The van der Waals surface area contributed by atoms with Gasteiger partial charge in [-0.3, -0.25) is 9.78 Å². The summed E-state index contributed by atoms with van der Waals surface area (Å²) in [5, 5.41) is 0.475. The Bertz CT molecular complexity index is 667. The maximum absolute atomic E-state index is 11.4. The van der Waals surface area contributed by atoms with Crippen LogP contribution in [0, 0.1) is 6.92 Å². The van der Waals surface area contributed by atoms with Crippen molar-refractivity contribution in [2.75, 3.05) is 12.3 Å². The van der Waals surface area contributed by atoms with Crippen molar-refractivity contribution in [3.8, 4) is 17.0 Å². The molecule has 19 heavy (non-hydrogen) atoms. The summed E-state index contributed by atoms with van der Waals surface area (Å²) in [4.78, 5) is 17.9. The van der Waals surface area contributed by atoms with Gasteiger partial charge in [0, 0.05) is 11.6 Å². The Morgan fingerprint density at radius 3 is 2.79 bits per heavy atom. The number of nitrogen functional groups attached to an aromatic ring is 1. The maximum Gasteiger partial charge on any atom is 0.252 e. The lowest BCUT2D eigenvalue weighted by Crippen LogP contribution is -2.10. The third-order valence-electron chi connectivity index (χ3n) is 2.61. The first-order chi connectivity index (χ1) is 9.01. The van der Waals surface area contributed by atoms with Gasteiger partial charge in [0.2, 0.25) is 5.95 Å². The van der Waals surface area contributed by atoms with Gasteiger partial charge in [0.25, 0.3) is 5.56 Å². The first-order valence-electron chi connectivity index (χ1n) is 5.81. The van der Waals surface area contributed by atoms with Crippen LogP contribution < -0.4 is 16.0 Å². The molecule has 0 spiro atoms. The zero-order chi connectivity index (χ0) is 14.0. The van der Waals surface area contributed by atoms with Crippen LogP contribution in [-0.4, -0.2) is 16.6 Å². The zero-order valence-electron chi connectivity index (χ0n) is 10.7. The van der Waals surface area contributed by atoms with Gasteiger partial charge in [-0.1, -0.05) is 11.6 Å². The van der Waals surface area contributed by atoms with Crippen molar-refractivity contribution in [3.05, 3.63) is 39.1 Å². The van der Waals surface area contributed by atoms with E-state index in [1.54, 1.807) is 6.07 Å². The largest absolute Gasteiger partial charge is 0.492 e. The highest BCUT2D eigenvalue weighted by Gasteiger charge is 2.10. The Balaban J connectivity index is 2.56. The molecule has 0 unspecified atom stereocenters. The number of aromatic amines is 1. The smallest absolute Gasteiger partial charge is 0.252 e. The highest BCUT2D eigenvalue weighted by Crippen LogP contribution is 2.32. The molecule has 0 saturated carbocycles. The molecule has 0 aliphatic heterocycles. The number of nitrogens with one attached hydrogen (secondary N) is 1. The van der Waals surface area contributed by atoms with Gasteiger partial charge in [-0.15, -0.1) is 0 Å². The third kappa shape index (κ3) is 2.88. The first-order valence-corrected chi connectivity index (χ1v) is 6.19. The van der Waals surface area contributed by atoms with Crippen LogP contribution >= 0.6 is 11.6 Å². The summed E-state index contributed by atoms with van der Waals surface area (Å²) >= 11 is 6.14. The van der Waals surface area contributed by atoms with Crippen LogP contribution in [0.1, 0.15) is 12.5 Å². The molecule has 0 aliphatic rings. The van der Waals surface area contributed by atoms with Gasteiger partial charge in [-0.25, -0.2) is 4.98 Å². The number of benzene rings is 1. The first kappa shape index (κ1) is 13.4. The van der Waals surface area contributed by atoms with E-state index >= 15 is 0 Å². The van der Waals surface area contributed by atoms with E-state index in [4.69, 9.17) is 22.1 Å². The van der Waals surface area contributed by atoms with E-state index in [2.05, 4.69) is 9.97 Å². The molecule has 3 N–H and O–H groups in total. The molecule has 1 aromatic carbocycles. The number of nitrogens with two attached hydrogens (primary N) is 1. The van der Waals surface area contributed by atoms with Gasteiger partial charge in [0.1, 0.15) is 5.75 Å². The lowest BCUT2D eigenvalue weighted by molar-refractivity contribution is 0.340. The van der Waals surface area contributed by atoms with Crippen molar-refractivity contribution in [1.29, 1.82) is 0 Å². The number of hydrogen-bond acceptors (Lipinski definition) is 4. The van der Waals surface area contributed by atoms with Crippen LogP contribution in [0.3, 0.4) is 0 Å². The van der Waals surface area contributed by atoms with E-state index in [0.29, 0.717) is 23.1 Å². The molecule has 5 nitrogen and oxygen atoms in total. The summed E-state index contributed by atoms with van der Waals surface area (Å²) in [6.07, 6.45) is 0. The standard InChI is InChI=1S/C13H14ClN3O2/c1-3-19-11-4-7(2)8(5-9(11)14)10-6-12(18)17-13(15)16-10/h4-6H,3H2,1-2H3,(H3,15,16,17,18). The summed E-state index contributed by atoms with van der Waals surface area (Å²) in [5.74, 6) is 0.690. The van der Waals surface area contributed by atoms with E-state index in [0.717, 1.165) is 11.1 Å². The summed E-state index contributed by atoms with van der Waals surface area (Å²) in [6.45, 7) is 4.32. The Labute approximate surface area is 115 Å². The van der Waals surface area contributed by atoms with E-state index in [9.17, 15) is 4.79 Å². The fourth-order valence-corrected chi connectivity index (χ4v) is 2.03. The Morgan fingerprint density at radius 1 is 1.42 bits per heavy atom. The number of H-pyrrole nitrogens is 1. The molecule has 1 heterocycles. The van der Waals surface area contributed by atoms with Crippen LogP contribution in [0.5, 0.6) is 5.75 Å². The molecule has 0 fully saturated rings. The molecular weight excluding hydrogens is 266 g/mol. The average Bonchev–Trinajstić information content (AvgIpc) is 2.32. The predicted molar refractivity (Wildman–Crippen MR) is 75.6 cm³/mol. The highest BCUT2D eigenvalue weighted by atomic mass is 35.5. The van der Waals surface area contributed by atoms with Crippen molar-refractivity contribution in [1.82, 2.24) is 9.97 Å². The fraction of sp³-hybridized carbons (Fsp3) is 0.231. The van der Waals surface area contributed by atoms with Crippen molar-refractivity contribution < 1.29 is 4.74 Å². The molecule has 0 amide bonds. The third-order valence-corrected chi connectivity index (χ3v) is 2.91. The number of anilines is 1. The molecule has 6 heteroatoms. The fourth-order valence-electron chi connectivity index (χ4n) is 1.81. The van der Waals surface area contributed by atoms with Crippen molar-refractivity contribution >= 4 is 17.5 Å². The Hall–Kier alpha value is -2.01. The lowest BCUT2D eigenvalue weighted by atomic mass is 10.1. The van der Waals surface area contributed by atoms with Crippen LogP contribution in [0.15, 0.2) is 23.0 Å². The van der Waals surface area contributed by atoms with Gasteiger partial charge < -0.3 is 10.5 Å². The van der Waals surface area contributed by atoms with Crippen molar-refractivity contribution in [2.24, 2.45) is 0 Å². The molecule has 0 radical (unpaired) electrons. The normalized spacial score (nSPS) is 10.5. The minimum atomic E-state index is -0.299. The van der Waals surface area contributed by atoms with Gasteiger partial charge in [0.05, 0.1) is 17.3 Å². The number of ether oxygens (including phenoxy) is 1. The molecular formula is C13H14ClN3O2. The molecule has 0 saturated heterocycles. The second-order valence-electron chi connectivity index (χ2n) is 4.05. The lowest BCUT2D eigenvalue weighted by Gasteiger charge is -2.11. The quantitative estimate of drug-likeness (QED) is 0.904. The van der Waals surface area contributed by atoms with Gasteiger partial charge in [0.15, 0.2) is 0 Å². The van der Waals surface area contributed by atoms with E-state index < -0.39 is 0 Å². The van der Waals surface area contributed by atoms with Gasteiger partial charge >= 0.3 is 0 Å². The SMILES string of the molecule is CCOc1cc(C)c(-c2cc(=O)[nH]c(N)n2)cc1Cl. The monoisotopic (exact) mass is 279 g/mol. The number of nitrogens with zero attached hydrogens (tertiary/aromatic N) is 1. The Kier molecular flexibility index (Phi) is 3.76. The molecule has 2 rings (SSSR count). The predicted octanol–water partition coefficient (Wildman–Crippen LogP) is 2.38. The number of rotatable bonds is 3. The van der Waals surface area contributed by atoms with Crippen LogP contribution in [-0.2, 0) is 0 Å². The zero-order valence-corrected chi connectivity index (χ0v) is 11.4. The number of hydrogen-bond donors (Lipinski definition) is 2. The van der Waals surface area contributed by atoms with Crippen LogP contribution in [0.4, 0.5) is 5.95 Å². The minimum Gasteiger partial charge on any atom is -0.492 e. The highest BCUT2D eigenvalue weighted by molar-refractivity contribution is 6.32. The van der Waals surface area contributed by atoms with Crippen molar-refractivity contribution in [3.63, 3.8) is 0 Å². The van der Waals surface area contributed by atoms with Crippen LogP contribution in [0.25, 0.3) is 11.3 Å². The minimum absolute atomic E-state index is 0.0758. The average molecular weight is 280 g/mol. The molecule has 0 atom stereocenters. The molecule has 100 valence electrons. The second-order valence-corrected chi connectivity index (χ2v) is 4.45. The molecule has 0 bridgehead atoms.